The fourth-order valence-electron chi connectivity index (χ4n) is 4.50. The lowest BCUT2D eigenvalue weighted by molar-refractivity contribution is 0.0619. The van der Waals surface area contributed by atoms with Crippen LogP contribution >= 0.6 is 0 Å². The van der Waals surface area contributed by atoms with Crippen molar-refractivity contribution in [1.82, 2.24) is 25.2 Å². The van der Waals surface area contributed by atoms with Crippen LogP contribution in [0.2, 0.25) is 0 Å². The highest BCUT2D eigenvalue weighted by molar-refractivity contribution is 5.15. The Hall–Kier alpha value is -2.58. The molecule has 2 aromatic carbocycles. The summed E-state index contributed by atoms with van der Waals surface area (Å²) in [7, 11) is 2.10. The standard InChI is InChI=1S/C24H29N5O2/c1-28(13-19-10-6-3-7-11-19)14-20-15-29(27-26-20)22-17-31-23-21(16-30-24(22)23)25-12-18-8-4-2-5-9-18/h2-11,15,21-25H,12-14,16-17H2,1H3. The van der Waals surface area contributed by atoms with Crippen molar-refractivity contribution in [2.75, 3.05) is 20.3 Å². The van der Waals surface area contributed by atoms with Crippen LogP contribution in [0.3, 0.4) is 0 Å². The monoisotopic (exact) mass is 419 g/mol. The summed E-state index contributed by atoms with van der Waals surface area (Å²) < 4.78 is 14.2. The summed E-state index contributed by atoms with van der Waals surface area (Å²) >= 11 is 0. The zero-order valence-corrected chi connectivity index (χ0v) is 17.8. The van der Waals surface area contributed by atoms with Gasteiger partial charge < -0.3 is 14.8 Å². The van der Waals surface area contributed by atoms with E-state index in [0.717, 1.165) is 25.3 Å². The summed E-state index contributed by atoms with van der Waals surface area (Å²) in [5.74, 6) is 0. The highest BCUT2D eigenvalue weighted by atomic mass is 16.6. The molecular formula is C24H29N5O2. The summed E-state index contributed by atoms with van der Waals surface area (Å²) in [5, 5.41) is 12.4. The molecule has 0 spiro atoms. The molecule has 7 heteroatoms. The summed E-state index contributed by atoms with van der Waals surface area (Å²) in [6, 6.07) is 21.1. The maximum absolute atomic E-state index is 6.13. The van der Waals surface area contributed by atoms with Gasteiger partial charge in [-0.2, -0.15) is 0 Å². The molecule has 31 heavy (non-hydrogen) atoms. The summed E-state index contributed by atoms with van der Waals surface area (Å²) in [4.78, 5) is 2.24. The van der Waals surface area contributed by atoms with E-state index in [1.807, 2.05) is 23.0 Å². The van der Waals surface area contributed by atoms with Crippen LogP contribution in [0.15, 0.2) is 66.9 Å². The van der Waals surface area contributed by atoms with Crippen LogP contribution in [0.25, 0.3) is 0 Å². The Bertz CT molecular complexity index is 964. The molecular weight excluding hydrogens is 390 g/mol. The second-order valence-corrected chi connectivity index (χ2v) is 8.48. The number of fused-ring (bicyclic) bond motifs is 1. The molecule has 2 fully saturated rings. The maximum atomic E-state index is 6.13. The average Bonchev–Trinajstić information content (AvgIpc) is 3.51. The van der Waals surface area contributed by atoms with Crippen molar-refractivity contribution in [1.29, 1.82) is 0 Å². The predicted molar refractivity (Wildman–Crippen MR) is 117 cm³/mol. The highest BCUT2D eigenvalue weighted by Crippen LogP contribution is 2.34. The van der Waals surface area contributed by atoms with Crippen molar-refractivity contribution in [3.05, 3.63) is 83.7 Å². The van der Waals surface area contributed by atoms with E-state index in [-0.39, 0.29) is 24.3 Å². The van der Waals surface area contributed by atoms with Gasteiger partial charge in [0.15, 0.2) is 0 Å². The lowest BCUT2D eigenvalue weighted by Crippen LogP contribution is -2.40. The van der Waals surface area contributed by atoms with Crippen molar-refractivity contribution >= 4 is 0 Å². The van der Waals surface area contributed by atoms with Gasteiger partial charge in [-0.1, -0.05) is 65.9 Å². The summed E-state index contributed by atoms with van der Waals surface area (Å²) in [5.41, 5.74) is 3.51. The number of hydrogen-bond acceptors (Lipinski definition) is 6. The van der Waals surface area contributed by atoms with E-state index in [1.165, 1.54) is 11.1 Å². The second-order valence-electron chi connectivity index (χ2n) is 8.48. The molecule has 5 rings (SSSR count). The first-order valence-corrected chi connectivity index (χ1v) is 10.9. The van der Waals surface area contributed by atoms with Crippen molar-refractivity contribution < 1.29 is 9.47 Å². The first-order chi connectivity index (χ1) is 15.3. The lowest BCUT2D eigenvalue weighted by Gasteiger charge is -2.18. The van der Waals surface area contributed by atoms with Gasteiger partial charge in [0.05, 0.1) is 31.1 Å². The van der Waals surface area contributed by atoms with Gasteiger partial charge in [0.25, 0.3) is 0 Å². The van der Waals surface area contributed by atoms with Gasteiger partial charge in [-0.3, -0.25) is 4.90 Å². The topological polar surface area (TPSA) is 64.4 Å². The third kappa shape index (κ3) is 4.70. The number of benzene rings is 2. The largest absolute Gasteiger partial charge is 0.371 e. The molecule has 2 aliphatic heterocycles. The molecule has 7 nitrogen and oxygen atoms in total. The SMILES string of the molecule is CN(Cc1ccccc1)Cc1cn(C2COC3C(NCc4ccccc4)COC32)nn1. The molecule has 4 unspecified atom stereocenters. The van der Waals surface area contributed by atoms with Crippen molar-refractivity contribution in [2.45, 2.75) is 43.9 Å². The Labute approximate surface area is 183 Å². The number of nitrogens with zero attached hydrogens (tertiary/aromatic N) is 4. The normalized spacial score (nSPS) is 25.2. The van der Waals surface area contributed by atoms with Crippen LogP contribution in [0, 0.1) is 0 Å². The third-order valence-electron chi connectivity index (χ3n) is 6.06. The molecule has 4 atom stereocenters. The van der Waals surface area contributed by atoms with Gasteiger partial charge in [0.1, 0.15) is 18.2 Å². The first-order valence-electron chi connectivity index (χ1n) is 10.9. The quantitative estimate of drug-likeness (QED) is 0.605. The molecule has 0 bridgehead atoms. The molecule has 0 saturated carbocycles. The Morgan fingerprint density at radius 1 is 0.935 bits per heavy atom. The fourth-order valence-corrected chi connectivity index (χ4v) is 4.50. The molecule has 3 heterocycles. The van der Waals surface area contributed by atoms with Crippen molar-refractivity contribution in [3.8, 4) is 0 Å². The molecule has 3 aromatic rings. The van der Waals surface area contributed by atoms with Crippen molar-refractivity contribution in [3.63, 3.8) is 0 Å². The molecule has 1 N–H and O–H groups in total. The smallest absolute Gasteiger partial charge is 0.110 e. The van der Waals surface area contributed by atoms with E-state index < -0.39 is 0 Å². The molecule has 1 aromatic heterocycles. The van der Waals surface area contributed by atoms with Crippen LogP contribution in [0.5, 0.6) is 0 Å². The third-order valence-corrected chi connectivity index (χ3v) is 6.06. The molecule has 0 amide bonds. The Balaban J connectivity index is 1.16. The minimum atomic E-state index is 0.00451. The fraction of sp³-hybridized carbons (Fsp3) is 0.417. The van der Waals surface area contributed by atoms with Gasteiger partial charge in [0.2, 0.25) is 0 Å². The molecule has 0 radical (unpaired) electrons. The minimum Gasteiger partial charge on any atom is -0.371 e. The van der Waals surface area contributed by atoms with E-state index in [9.17, 15) is 0 Å². The van der Waals surface area contributed by atoms with Crippen LogP contribution < -0.4 is 5.32 Å². The number of aromatic nitrogens is 3. The lowest BCUT2D eigenvalue weighted by atomic mass is 10.1. The zero-order chi connectivity index (χ0) is 21.0. The van der Waals surface area contributed by atoms with Gasteiger partial charge in [-0.05, 0) is 18.2 Å². The minimum absolute atomic E-state index is 0.00451. The second kappa shape index (κ2) is 9.28. The van der Waals surface area contributed by atoms with E-state index in [2.05, 4.69) is 76.1 Å². The summed E-state index contributed by atoms with van der Waals surface area (Å²) in [6.45, 7) is 3.69. The number of nitrogens with one attached hydrogen (secondary N) is 1. The van der Waals surface area contributed by atoms with E-state index in [0.29, 0.717) is 13.2 Å². The van der Waals surface area contributed by atoms with Gasteiger partial charge in [0, 0.05) is 19.6 Å². The van der Waals surface area contributed by atoms with Gasteiger partial charge in [-0.15, -0.1) is 5.10 Å². The van der Waals surface area contributed by atoms with Crippen LogP contribution in [-0.2, 0) is 29.1 Å². The summed E-state index contributed by atoms with van der Waals surface area (Å²) in [6.07, 6.45) is 2.08. The highest BCUT2D eigenvalue weighted by Gasteiger charge is 2.48. The number of hydrogen-bond donors (Lipinski definition) is 1. The van der Waals surface area contributed by atoms with Crippen LogP contribution in [0.1, 0.15) is 22.9 Å². The van der Waals surface area contributed by atoms with E-state index in [4.69, 9.17) is 9.47 Å². The molecule has 2 aliphatic rings. The Morgan fingerprint density at radius 3 is 2.42 bits per heavy atom. The Kier molecular flexibility index (Phi) is 6.08. The van der Waals surface area contributed by atoms with Gasteiger partial charge >= 0.3 is 0 Å². The van der Waals surface area contributed by atoms with E-state index in [1.54, 1.807) is 0 Å². The molecule has 2 saturated heterocycles. The zero-order valence-electron chi connectivity index (χ0n) is 17.8. The van der Waals surface area contributed by atoms with Gasteiger partial charge in [-0.25, -0.2) is 4.68 Å². The van der Waals surface area contributed by atoms with E-state index >= 15 is 0 Å². The number of rotatable bonds is 8. The van der Waals surface area contributed by atoms with Crippen LogP contribution in [0.4, 0.5) is 0 Å². The first kappa shape index (κ1) is 20.3. The maximum Gasteiger partial charge on any atom is 0.110 e. The average molecular weight is 420 g/mol. The molecule has 162 valence electrons. The van der Waals surface area contributed by atoms with Crippen molar-refractivity contribution in [2.24, 2.45) is 0 Å². The number of ether oxygens (including phenoxy) is 2. The Morgan fingerprint density at radius 2 is 1.65 bits per heavy atom. The predicted octanol–water partition coefficient (Wildman–Crippen LogP) is 2.41. The molecule has 0 aliphatic carbocycles. The van der Waals surface area contributed by atoms with Crippen LogP contribution in [-0.4, -0.2) is 58.4 Å².